The topological polar surface area (TPSA) is 26.0 Å². The molecule has 2 heteroatoms. The smallest absolute Gasteiger partial charge is 0.137 e. The molecule has 0 spiro atoms. The first-order valence-corrected chi connectivity index (χ1v) is 4.21. The first-order valence-electron chi connectivity index (χ1n) is 4.21. The lowest BCUT2D eigenvalue weighted by molar-refractivity contribution is 0.390. The minimum Gasteiger partial charge on any atom is -0.361 e. The maximum atomic E-state index is 5.12. The van der Waals surface area contributed by atoms with Crippen molar-refractivity contribution in [1.29, 1.82) is 0 Å². The van der Waals surface area contributed by atoms with E-state index in [1.165, 1.54) is 17.7 Å². The van der Waals surface area contributed by atoms with E-state index in [4.69, 9.17) is 4.52 Å². The van der Waals surface area contributed by atoms with Gasteiger partial charge in [-0.05, 0) is 32.1 Å². The lowest BCUT2D eigenvalue weighted by Crippen LogP contribution is -2.10. The van der Waals surface area contributed by atoms with Crippen LogP contribution in [0, 0.1) is 12.8 Å². The number of aryl methyl sites for hydroxylation is 2. The van der Waals surface area contributed by atoms with Gasteiger partial charge in [0.15, 0.2) is 0 Å². The van der Waals surface area contributed by atoms with E-state index in [0.717, 1.165) is 24.5 Å². The van der Waals surface area contributed by atoms with Gasteiger partial charge in [-0.25, -0.2) is 0 Å². The molecule has 0 bridgehead atoms. The molecule has 0 fully saturated rings. The van der Waals surface area contributed by atoms with Crippen molar-refractivity contribution >= 4 is 0 Å². The van der Waals surface area contributed by atoms with Crippen LogP contribution in [0.1, 0.15) is 30.4 Å². The SMILES string of the molecule is Cc1onc2c1CC(C)CC2. The minimum atomic E-state index is 0.806. The van der Waals surface area contributed by atoms with Crippen LogP contribution in [0.5, 0.6) is 0 Å². The number of rotatable bonds is 0. The lowest BCUT2D eigenvalue weighted by atomic mass is 9.88. The Kier molecular flexibility index (Phi) is 1.48. The zero-order valence-electron chi connectivity index (χ0n) is 7.05. The summed E-state index contributed by atoms with van der Waals surface area (Å²) in [6, 6.07) is 0. The van der Waals surface area contributed by atoms with Crippen LogP contribution in [-0.2, 0) is 12.8 Å². The van der Waals surface area contributed by atoms with Crippen LogP contribution in [0.4, 0.5) is 0 Å². The molecular formula is C9H13NO. The van der Waals surface area contributed by atoms with Crippen molar-refractivity contribution in [2.75, 3.05) is 0 Å². The Labute approximate surface area is 66.6 Å². The molecule has 2 nitrogen and oxygen atoms in total. The molecule has 0 N–H and O–H groups in total. The van der Waals surface area contributed by atoms with E-state index in [1.54, 1.807) is 0 Å². The lowest BCUT2D eigenvalue weighted by Gasteiger charge is -2.15. The molecule has 1 aliphatic rings. The van der Waals surface area contributed by atoms with Gasteiger partial charge in [-0.3, -0.25) is 0 Å². The van der Waals surface area contributed by atoms with Gasteiger partial charge >= 0.3 is 0 Å². The Hall–Kier alpha value is -0.790. The third-order valence-electron chi connectivity index (χ3n) is 2.49. The quantitative estimate of drug-likeness (QED) is 0.567. The number of nitrogens with zero attached hydrogens (tertiary/aromatic N) is 1. The molecule has 0 radical (unpaired) electrons. The summed E-state index contributed by atoms with van der Waals surface area (Å²) in [4.78, 5) is 0. The highest BCUT2D eigenvalue weighted by molar-refractivity contribution is 5.24. The van der Waals surface area contributed by atoms with Crippen LogP contribution < -0.4 is 0 Å². The Morgan fingerprint density at radius 2 is 2.36 bits per heavy atom. The van der Waals surface area contributed by atoms with Crippen LogP contribution >= 0.6 is 0 Å². The van der Waals surface area contributed by atoms with Crippen LogP contribution in [0.25, 0.3) is 0 Å². The summed E-state index contributed by atoms with van der Waals surface area (Å²) in [5.74, 6) is 1.83. The molecule has 1 aromatic rings. The van der Waals surface area contributed by atoms with Gasteiger partial charge in [-0.15, -0.1) is 0 Å². The molecule has 0 aliphatic heterocycles. The van der Waals surface area contributed by atoms with E-state index < -0.39 is 0 Å². The van der Waals surface area contributed by atoms with Gasteiger partial charge in [0.2, 0.25) is 0 Å². The molecule has 0 saturated heterocycles. The minimum absolute atomic E-state index is 0.806. The second-order valence-corrected chi connectivity index (χ2v) is 3.51. The van der Waals surface area contributed by atoms with Gasteiger partial charge < -0.3 is 4.52 Å². The van der Waals surface area contributed by atoms with Gasteiger partial charge in [-0.1, -0.05) is 12.1 Å². The molecule has 0 aromatic carbocycles. The number of hydrogen-bond donors (Lipinski definition) is 0. The molecule has 0 saturated carbocycles. The predicted octanol–water partition coefficient (Wildman–Crippen LogP) is 2.11. The largest absolute Gasteiger partial charge is 0.361 e. The monoisotopic (exact) mass is 151 g/mol. The number of fused-ring (bicyclic) bond motifs is 1. The first-order chi connectivity index (χ1) is 5.27. The molecule has 1 heterocycles. The highest BCUT2D eigenvalue weighted by Gasteiger charge is 2.20. The molecule has 2 rings (SSSR count). The summed E-state index contributed by atoms with van der Waals surface area (Å²) in [5, 5.41) is 4.02. The van der Waals surface area contributed by atoms with E-state index in [1.807, 2.05) is 6.92 Å². The van der Waals surface area contributed by atoms with Crippen molar-refractivity contribution in [2.24, 2.45) is 5.92 Å². The van der Waals surface area contributed by atoms with Crippen LogP contribution in [0.15, 0.2) is 4.52 Å². The molecule has 0 amide bonds. The Balaban J connectivity index is 2.37. The zero-order valence-corrected chi connectivity index (χ0v) is 7.05. The molecule has 1 aliphatic carbocycles. The zero-order chi connectivity index (χ0) is 7.84. The predicted molar refractivity (Wildman–Crippen MR) is 42.4 cm³/mol. The fourth-order valence-electron chi connectivity index (χ4n) is 1.73. The third kappa shape index (κ3) is 1.06. The number of aromatic nitrogens is 1. The van der Waals surface area contributed by atoms with Crippen molar-refractivity contribution in [3.8, 4) is 0 Å². The summed E-state index contributed by atoms with van der Waals surface area (Å²) in [6.45, 7) is 4.29. The van der Waals surface area contributed by atoms with Crippen LogP contribution in [0.3, 0.4) is 0 Å². The maximum absolute atomic E-state index is 5.12. The van der Waals surface area contributed by atoms with Gasteiger partial charge in [-0.2, -0.15) is 0 Å². The average molecular weight is 151 g/mol. The molecule has 1 aromatic heterocycles. The Morgan fingerprint density at radius 3 is 3.18 bits per heavy atom. The first kappa shape index (κ1) is 6.89. The fourth-order valence-corrected chi connectivity index (χ4v) is 1.73. The van der Waals surface area contributed by atoms with Crippen molar-refractivity contribution in [1.82, 2.24) is 5.16 Å². The summed E-state index contributed by atoms with van der Waals surface area (Å²) in [7, 11) is 0. The molecule has 1 unspecified atom stereocenters. The third-order valence-corrected chi connectivity index (χ3v) is 2.49. The van der Waals surface area contributed by atoms with Crippen LogP contribution in [0.2, 0.25) is 0 Å². The maximum Gasteiger partial charge on any atom is 0.137 e. The van der Waals surface area contributed by atoms with Crippen molar-refractivity contribution in [3.05, 3.63) is 17.0 Å². The molecule has 11 heavy (non-hydrogen) atoms. The fraction of sp³-hybridized carbons (Fsp3) is 0.667. The second kappa shape index (κ2) is 2.36. The summed E-state index contributed by atoms with van der Waals surface area (Å²) in [5.41, 5.74) is 2.56. The average Bonchev–Trinajstić information content (AvgIpc) is 2.33. The van der Waals surface area contributed by atoms with Crippen molar-refractivity contribution in [2.45, 2.75) is 33.1 Å². The summed E-state index contributed by atoms with van der Waals surface area (Å²) in [6.07, 6.45) is 3.53. The summed E-state index contributed by atoms with van der Waals surface area (Å²) >= 11 is 0. The highest BCUT2D eigenvalue weighted by atomic mass is 16.5. The molecule has 60 valence electrons. The molecular weight excluding hydrogens is 138 g/mol. The van der Waals surface area contributed by atoms with E-state index >= 15 is 0 Å². The second-order valence-electron chi connectivity index (χ2n) is 3.51. The van der Waals surface area contributed by atoms with Gasteiger partial charge in [0, 0.05) is 5.56 Å². The van der Waals surface area contributed by atoms with Gasteiger partial charge in [0.05, 0.1) is 5.69 Å². The molecule has 1 atom stereocenters. The Bertz CT molecular complexity index is 265. The van der Waals surface area contributed by atoms with Crippen molar-refractivity contribution in [3.63, 3.8) is 0 Å². The standard InChI is InChI=1S/C9H13NO/c1-6-3-4-9-8(5-6)7(2)11-10-9/h6H,3-5H2,1-2H3. The van der Waals surface area contributed by atoms with E-state index in [-0.39, 0.29) is 0 Å². The Morgan fingerprint density at radius 1 is 1.55 bits per heavy atom. The van der Waals surface area contributed by atoms with Gasteiger partial charge in [0.25, 0.3) is 0 Å². The van der Waals surface area contributed by atoms with Crippen LogP contribution in [-0.4, -0.2) is 5.16 Å². The summed E-state index contributed by atoms with van der Waals surface area (Å²) < 4.78 is 5.12. The normalized spacial score (nSPS) is 23.3. The number of hydrogen-bond acceptors (Lipinski definition) is 2. The van der Waals surface area contributed by atoms with Gasteiger partial charge in [0.1, 0.15) is 5.76 Å². The van der Waals surface area contributed by atoms with Crippen molar-refractivity contribution < 1.29 is 4.52 Å². The van der Waals surface area contributed by atoms with E-state index in [2.05, 4.69) is 12.1 Å². The highest BCUT2D eigenvalue weighted by Crippen LogP contribution is 2.26. The van der Waals surface area contributed by atoms with E-state index in [0.29, 0.717) is 0 Å². The van der Waals surface area contributed by atoms with E-state index in [9.17, 15) is 0 Å².